The number of ether oxygens (including phenoxy) is 1. The molecule has 19 heavy (non-hydrogen) atoms. The van der Waals surface area contributed by atoms with Crippen LogP contribution in [-0.4, -0.2) is 43.9 Å². The monoisotopic (exact) mass is 274 g/mol. The van der Waals surface area contributed by atoms with E-state index in [9.17, 15) is 9.59 Å². The number of carbonyl (C=O) groups excluding carboxylic acids is 1. The number of nitrogens with one attached hydrogen (secondary N) is 2. The van der Waals surface area contributed by atoms with Crippen molar-refractivity contribution in [1.82, 2.24) is 10.6 Å². The van der Waals surface area contributed by atoms with E-state index in [1.165, 1.54) is 0 Å². The van der Waals surface area contributed by atoms with Crippen LogP contribution in [0.15, 0.2) is 0 Å². The summed E-state index contributed by atoms with van der Waals surface area (Å²) in [6, 6.07) is -0.148. The summed E-state index contributed by atoms with van der Waals surface area (Å²) < 4.78 is 4.93. The first-order valence-electron chi connectivity index (χ1n) is 6.89. The molecule has 0 aliphatic rings. The van der Waals surface area contributed by atoms with Gasteiger partial charge >= 0.3 is 12.0 Å². The van der Waals surface area contributed by atoms with Crippen LogP contribution in [0.3, 0.4) is 0 Å². The lowest BCUT2D eigenvalue weighted by Crippen LogP contribution is -2.36. The van der Waals surface area contributed by atoms with E-state index >= 15 is 0 Å². The van der Waals surface area contributed by atoms with Gasteiger partial charge in [0.1, 0.15) is 0 Å². The molecule has 0 aromatic rings. The summed E-state index contributed by atoms with van der Waals surface area (Å²) in [5.41, 5.74) is 0. The van der Waals surface area contributed by atoms with Crippen LogP contribution in [0.5, 0.6) is 0 Å². The first-order valence-corrected chi connectivity index (χ1v) is 6.89. The number of carbonyl (C=O) groups is 2. The molecule has 6 heteroatoms. The van der Waals surface area contributed by atoms with Crippen molar-refractivity contribution in [1.29, 1.82) is 0 Å². The molecule has 0 aliphatic carbocycles. The van der Waals surface area contributed by atoms with Crippen molar-refractivity contribution in [2.75, 3.05) is 26.8 Å². The highest BCUT2D eigenvalue weighted by Gasteiger charge is 1.99. The molecular formula is C13H26N2O4. The average molecular weight is 274 g/mol. The van der Waals surface area contributed by atoms with Gasteiger partial charge in [-0.05, 0) is 32.1 Å². The van der Waals surface area contributed by atoms with E-state index in [2.05, 4.69) is 10.6 Å². The summed E-state index contributed by atoms with van der Waals surface area (Å²) in [6.07, 6.45) is 5.52. The third kappa shape index (κ3) is 14.6. The zero-order valence-corrected chi connectivity index (χ0v) is 11.7. The third-order valence-corrected chi connectivity index (χ3v) is 2.66. The van der Waals surface area contributed by atoms with Gasteiger partial charge in [-0.1, -0.05) is 6.42 Å². The highest BCUT2D eigenvalue weighted by molar-refractivity contribution is 5.73. The number of aliphatic carboxylic acids is 1. The Hall–Kier alpha value is -1.30. The lowest BCUT2D eigenvalue weighted by molar-refractivity contribution is -0.137. The van der Waals surface area contributed by atoms with Gasteiger partial charge in [-0.2, -0.15) is 0 Å². The molecule has 0 rings (SSSR count). The number of rotatable bonds is 12. The van der Waals surface area contributed by atoms with Crippen LogP contribution in [0.4, 0.5) is 4.79 Å². The summed E-state index contributed by atoms with van der Waals surface area (Å²) in [6.45, 7) is 2.03. The Morgan fingerprint density at radius 3 is 2.05 bits per heavy atom. The molecular weight excluding hydrogens is 248 g/mol. The number of methoxy groups -OCH3 is 1. The number of carboxylic acid groups (broad SMARTS) is 1. The van der Waals surface area contributed by atoms with Gasteiger partial charge in [0, 0.05) is 33.2 Å². The van der Waals surface area contributed by atoms with Gasteiger partial charge in [0.15, 0.2) is 0 Å². The molecule has 112 valence electrons. The minimum atomic E-state index is -0.765. The average Bonchev–Trinajstić information content (AvgIpc) is 2.37. The molecule has 0 aromatic carbocycles. The Bertz CT molecular complexity index is 247. The Morgan fingerprint density at radius 2 is 1.53 bits per heavy atom. The van der Waals surface area contributed by atoms with Gasteiger partial charge in [-0.25, -0.2) is 4.79 Å². The number of carboxylic acids is 1. The molecule has 3 N–H and O–H groups in total. The maximum atomic E-state index is 11.3. The van der Waals surface area contributed by atoms with Gasteiger partial charge < -0.3 is 20.5 Å². The predicted octanol–water partition coefficient (Wildman–Crippen LogP) is 1.75. The minimum Gasteiger partial charge on any atom is -0.481 e. The number of amides is 2. The normalized spacial score (nSPS) is 10.2. The van der Waals surface area contributed by atoms with Crippen molar-refractivity contribution in [3.8, 4) is 0 Å². The highest BCUT2D eigenvalue weighted by atomic mass is 16.5. The fourth-order valence-corrected chi connectivity index (χ4v) is 1.59. The topological polar surface area (TPSA) is 87.7 Å². The van der Waals surface area contributed by atoms with Crippen molar-refractivity contribution in [2.45, 2.75) is 44.9 Å². The molecule has 0 saturated heterocycles. The van der Waals surface area contributed by atoms with Gasteiger partial charge in [0.2, 0.25) is 0 Å². The fourth-order valence-electron chi connectivity index (χ4n) is 1.59. The molecule has 0 spiro atoms. The minimum absolute atomic E-state index is 0.148. The first-order chi connectivity index (χ1) is 9.16. The van der Waals surface area contributed by atoms with Crippen molar-refractivity contribution >= 4 is 12.0 Å². The van der Waals surface area contributed by atoms with Crippen LogP contribution in [0.1, 0.15) is 44.9 Å². The molecule has 0 aliphatic heterocycles. The molecule has 0 bridgehead atoms. The van der Waals surface area contributed by atoms with Gasteiger partial charge in [-0.15, -0.1) is 0 Å². The molecule has 0 radical (unpaired) electrons. The molecule has 0 fully saturated rings. The molecule has 0 heterocycles. The number of hydrogen-bond donors (Lipinski definition) is 3. The Labute approximate surface area is 114 Å². The van der Waals surface area contributed by atoms with Crippen molar-refractivity contribution in [3.63, 3.8) is 0 Å². The van der Waals surface area contributed by atoms with Gasteiger partial charge in [0.25, 0.3) is 0 Å². The lowest BCUT2D eigenvalue weighted by atomic mass is 10.2. The number of urea groups is 1. The van der Waals surface area contributed by atoms with Crippen LogP contribution in [0, 0.1) is 0 Å². The van der Waals surface area contributed by atoms with Crippen molar-refractivity contribution in [2.24, 2.45) is 0 Å². The molecule has 0 atom stereocenters. The van der Waals surface area contributed by atoms with E-state index in [0.29, 0.717) is 19.5 Å². The van der Waals surface area contributed by atoms with Crippen LogP contribution in [0.2, 0.25) is 0 Å². The van der Waals surface area contributed by atoms with Crippen LogP contribution >= 0.6 is 0 Å². The van der Waals surface area contributed by atoms with Gasteiger partial charge in [-0.3, -0.25) is 4.79 Å². The van der Waals surface area contributed by atoms with E-state index in [4.69, 9.17) is 9.84 Å². The number of hydrogen-bond acceptors (Lipinski definition) is 3. The summed E-state index contributed by atoms with van der Waals surface area (Å²) in [5, 5.41) is 14.0. The summed E-state index contributed by atoms with van der Waals surface area (Å²) >= 11 is 0. The third-order valence-electron chi connectivity index (χ3n) is 2.66. The SMILES string of the molecule is COCCCCCNC(=O)NCCCCCC(=O)O. The van der Waals surface area contributed by atoms with E-state index in [1.54, 1.807) is 7.11 Å². The first kappa shape index (κ1) is 17.7. The summed E-state index contributed by atoms with van der Waals surface area (Å²) in [5.74, 6) is -0.765. The van der Waals surface area contributed by atoms with Crippen molar-refractivity contribution < 1.29 is 19.4 Å². The zero-order valence-electron chi connectivity index (χ0n) is 11.7. The van der Waals surface area contributed by atoms with E-state index < -0.39 is 5.97 Å². The standard InChI is InChI=1S/C13H26N2O4/c1-19-11-7-3-6-10-15-13(18)14-9-5-2-4-8-12(16)17/h2-11H2,1H3,(H,16,17)(H2,14,15,18). The largest absolute Gasteiger partial charge is 0.481 e. The molecule has 0 aromatic heterocycles. The molecule has 0 saturated carbocycles. The maximum absolute atomic E-state index is 11.3. The second-order valence-electron chi connectivity index (χ2n) is 4.44. The van der Waals surface area contributed by atoms with E-state index in [1.807, 2.05) is 0 Å². The molecule has 0 unspecified atom stereocenters. The Morgan fingerprint density at radius 1 is 0.947 bits per heavy atom. The zero-order chi connectivity index (χ0) is 14.3. The maximum Gasteiger partial charge on any atom is 0.314 e. The van der Waals surface area contributed by atoms with Gasteiger partial charge in [0.05, 0.1) is 0 Å². The fraction of sp³-hybridized carbons (Fsp3) is 0.846. The molecule has 6 nitrogen and oxygen atoms in total. The Balaban J connectivity index is 3.19. The smallest absolute Gasteiger partial charge is 0.314 e. The van der Waals surface area contributed by atoms with Crippen LogP contribution < -0.4 is 10.6 Å². The number of unbranched alkanes of at least 4 members (excludes halogenated alkanes) is 4. The van der Waals surface area contributed by atoms with Crippen LogP contribution in [-0.2, 0) is 9.53 Å². The highest BCUT2D eigenvalue weighted by Crippen LogP contribution is 1.98. The predicted molar refractivity (Wildman–Crippen MR) is 73.2 cm³/mol. The quantitative estimate of drug-likeness (QED) is 0.473. The van der Waals surface area contributed by atoms with Crippen LogP contribution in [0.25, 0.3) is 0 Å². The summed E-state index contributed by atoms with van der Waals surface area (Å²) in [7, 11) is 1.68. The summed E-state index contributed by atoms with van der Waals surface area (Å²) in [4.78, 5) is 21.6. The lowest BCUT2D eigenvalue weighted by Gasteiger charge is -2.07. The second-order valence-corrected chi connectivity index (χ2v) is 4.44. The van der Waals surface area contributed by atoms with E-state index in [0.717, 1.165) is 38.7 Å². The molecule has 2 amide bonds. The second kappa shape index (κ2) is 13.1. The Kier molecular flexibility index (Phi) is 12.2. The van der Waals surface area contributed by atoms with Crippen molar-refractivity contribution in [3.05, 3.63) is 0 Å². The van der Waals surface area contributed by atoms with E-state index in [-0.39, 0.29) is 12.5 Å².